The van der Waals surface area contributed by atoms with Crippen LogP contribution >= 0.6 is 23.2 Å². The molecule has 0 bridgehead atoms. The molecule has 2 N–H and O–H groups in total. The molecule has 2 aromatic rings. The molecule has 2 aromatic carbocycles. The first-order valence-electron chi connectivity index (χ1n) is 5.92. The van der Waals surface area contributed by atoms with Crippen LogP contribution in [0.3, 0.4) is 0 Å². The molecule has 0 saturated heterocycles. The highest BCUT2D eigenvalue weighted by Crippen LogP contribution is 2.25. The van der Waals surface area contributed by atoms with Gasteiger partial charge in [0, 0.05) is 16.1 Å². The van der Waals surface area contributed by atoms with E-state index in [1.807, 2.05) is 25.1 Å². The molecule has 4 heteroatoms. The van der Waals surface area contributed by atoms with Crippen LogP contribution in [0.5, 0.6) is 0 Å². The average Bonchev–Trinajstić information content (AvgIpc) is 2.32. The maximum absolute atomic E-state index is 13.2. The Hall–Kier alpha value is -1.09. The van der Waals surface area contributed by atoms with Crippen molar-refractivity contribution in [1.29, 1.82) is 0 Å². The van der Waals surface area contributed by atoms with Gasteiger partial charge in [-0.3, -0.25) is 0 Å². The largest absolute Gasteiger partial charge is 0.324 e. The molecule has 0 radical (unpaired) electrons. The Morgan fingerprint density at radius 3 is 2.58 bits per heavy atom. The highest BCUT2D eigenvalue weighted by molar-refractivity contribution is 6.31. The van der Waals surface area contributed by atoms with Gasteiger partial charge in [-0.15, -0.1) is 0 Å². The number of hydrogen-bond acceptors (Lipinski definition) is 1. The van der Waals surface area contributed by atoms with Crippen LogP contribution in [0.15, 0.2) is 36.4 Å². The third kappa shape index (κ3) is 3.69. The van der Waals surface area contributed by atoms with Crippen molar-refractivity contribution in [2.75, 3.05) is 0 Å². The Morgan fingerprint density at radius 2 is 1.89 bits per heavy atom. The van der Waals surface area contributed by atoms with Crippen LogP contribution in [0.25, 0.3) is 0 Å². The summed E-state index contributed by atoms with van der Waals surface area (Å²) < 4.78 is 13.2. The van der Waals surface area contributed by atoms with Crippen molar-refractivity contribution in [3.8, 4) is 0 Å². The minimum atomic E-state index is -0.311. The zero-order valence-electron chi connectivity index (χ0n) is 10.5. The molecule has 0 aliphatic carbocycles. The highest BCUT2D eigenvalue weighted by atomic mass is 35.5. The molecule has 100 valence electrons. The fraction of sp³-hybridized carbons (Fsp3) is 0.200. The van der Waals surface area contributed by atoms with Gasteiger partial charge in [0.25, 0.3) is 0 Å². The van der Waals surface area contributed by atoms with E-state index in [9.17, 15) is 4.39 Å². The molecule has 19 heavy (non-hydrogen) atoms. The predicted molar refractivity (Wildman–Crippen MR) is 78.2 cm³/mol. The van der Waals surface area contributed by atoms with E-state index >= 15 is 0 Å². The van der Waals surface area contributed by atoms with Gasteiger partial charge < -0.3 is 5.73 Å². The van der Waals surface area contributed by atoms with Crippen molar-refractivity contribution >= 4 is 23.2 Å². The second kappa shape index (κ2) is 5.91. The van der Waals surface area contributed by atoms with Gasteiger partial charge in [0.1, 0.15) is 5.82 Å². The number of benzene rings is 2. The van der Waals surface area contributed by atoms with Crippen LogP contribution in [-0.4, -0.2) is 0 Å². The van der Waals surface area contributed by atoms with Crippen molar-refractivity contribution in [2.24, 2.45) is 5.73 Å². The molecule has 1 nitrogen and oxygen atoms in total. The van der Waals surface area contributed by atoms with Crippen molar-refractivity contribution in [3.63, 3.8) is 0 Å². The second-order valence-corrected chi connectivity index (χ2v) is 5.45. The van der Waals surface area contributed by atoms with E-state index in [4.69, 9.17) is 28.9 Å². The van der Waals surface area contributed by atoms with Crippen LogP contribution in [0.2, 0.25) is 10.0 Å². The second-order valence-electron chi connectivity index (χ2n) is 4.61. The summed E-state index contributed by atoms with van der Waals surface area (Å²) >= 11 is 12.1. The van der Waals surface area contributed by atoms with Crippen LogP contribution in [0, 0.1) is 12.7 Å². The SMILES string of the molecule is Cc1cc(Cl)cc(C(N)Cc2cc(F)ccc2Cl)c1. The minimum Gasteiger partial charge on any atom is -0.324 e. The monoisotopic (exact) mass is 297 g/mol. The van der Waals surface area contributed by atoms with Crippen molar-refractivity contribution in [2.45, 2.75) is 19.4 Å². The van der Waals surface area contributed by atoms with Gasteiger partial charge in [0.2, 0.25) is 0 Å². The number of hydrogen-bond donors (Lipinski definition) is 1. The number of rotatable bonds is 3. The lowest BCUT2D eigenvalue weighted by Gasteiger charge is -2.14. The molecule has 1 atom stereocenters. The Kier molecular flexibility index (Phi) is 4.46. The summed E-state index contributed by atoms with van der Waals surface area (Å²) in [6.45, 7) is 1.96. The normalized spacial score (nSPS) is 12.5. The molecule has 0 heterocycles. The van der Waals surface area contributed by atoms with E-state index in [0.717, 1.165) is 11.1 Å². The zero-order valence-corrected chi connectivity index (χ0v) is 12.0. The maximum atomic E-state index is 13.2. The van der Waals surface area contributed by atoms with Gasteiger partial charge >= 0.3 is 0 Å². The fourth-order valence-corrected chi connectivity index (χ4v) is 2.53. The van der Waals surface area contributed by atoms with Crippen LogP contribution in [0.1, 0.15) is 22.7 Å². The first-order chi connectivity index (χ1) is 8.95. The van der Waals surface area contributed by atoms with E-state index in [0.29, 0.717) is 22.0 Å². The van der Waals surface area contributed by atoms with Crippen LogP contribution in [0.4, 0.5) is 4.39 Å². The molecule has 0 saturated carbocycles. The number of nitrogens with two attached hydrogens (primary N) is 1. The van der Waals surface area contributed by atoms with Crippen molar-refractivity contribution < 1.29 is 4.39 Å². The van der Waals surface area contributed by atoms with Crippen LogP contribution < -0.4 is 5.73 Å². The lowest BCUT2D eigenvalue weighted by Crippen LogP contribution is -2.14. The molecule has 0 spiro atoms. The molecular formula is C15H14Cl2FN. The summed E-state index contributed by atoms with van der Waals surface area (Å²) in [5, 5.41) is 1.17. The van der Waals surface area contributed by atoms with E-state index in [1.165, 1.54) is 12.1 Å². The lowest BCUT2D eigenvalue weighted by atomic mass is 9.98. The summed E-state index contributed by atoms with van der Waals surface area (Å²) in [5.74, 6) is -0.311. The standard InChI is InChI=1S/C15H14Cl2FN/c1-9-4-11(6-12(16)5-9)15(19)8-10-7-13(18)2-3-14(10)17/h2-7,15H,8,19H2,1H3. The van der Waals surface area contributed by atoms with Gasteiger partial charge in [-0.1, -0.05) is 29.3 Å². The third-order valence-corrected chi connectivity index (χ3v) is 3.53. The molecule has 0 aliphatic rings. The summed E-state index contributed by atoms with van der Waals surface area (Å²) in [4.78, 5) is 0. The first-order valence-corrected chi connectivity index (χ1v) is 6.68. The van der Waals surface area contributed by atoms with Crippen LogP contribution in [-0.2, 0) is 6.42 Å². The molecule has 0 aliphatic heterocycles. The first kappa shape index (κ1) is 14.3. The third-order valence-electron chi connectivity index (χ3n) is 2.94. The molecule has 1 unspecified atom stereocenters. The van der Waals surface area contributed by atoms with Crippen molar-refractivity contribution in [1.82, 2.24) is 0 Å². The maximum Gasteiger partial charge on any atom is 0.123 e. The predicted octanol–water partition coefficient (Wildman–Crippen LogP) is 4.68. The summed E-state index contributed by atoms with van der Waals surface area (Å²) in [6.07, 6.45) is 0.469. The lowest BCUT2D eigenvalue weighted by molar-refractivity contribution is 0.622. The molecule has 0 aromatic heterocycles. The van der Waals surface area contributed by atoms with E-state index in [2.05, 4.69) is 0 Å². The smallest absolute Gasteiger partial charge is 0.123 e. The highest BCUT2D eigenvalue weighted by Gasteiger charge is 2.11. The number of aryl methyl sites for hydroxylation is 1. The van der Waals surface area contributed by atoms with E-state index < -0.39 is 0 Å². The molecule has 2 rings (SSSR count). The van der Waals surface area contributed by atoms with Gasteiger partial charge in [0.05, 0.1) is 0 Å². The van der Waals surface area contributed by atoms with Gasteiger partial charge in [0.15, 0.2) is 0 Å². The Balaban J connectivity index is 2.25. The van der Waals surface area contributed by atoms with Gasteiger partial charge in [-0.2, -0.15) is 0 Å². The Labute approximate surface area is 122 Å². The zero-order chi connectivity index (χ0) is 14.0. The fourth-order valence-electron chi connectivity index (χ4n) is 2.03. The quantitative estimate of drug-likeness (QED) is 0.874. The Morgan fingerprint density at radius 1 is 1.16 bits per heavy atom. The topological polar surface area (TPSA) is 26.0 Å². The number of halogens is 3. The van der Waals surface area contributed by atoms with Crippen molar-refractivity contribution in [3.05, 3.63) is 69.0 Å². The molecular weight excluding hydrogens is 284 g/mol. The van der Waals surface area contributed by atoms with Gasteiger partial charge in [-0.05, 0) is 60.4 Å². The van der Waals surface area contributed by atoms with E-state index in [1.54, 1.807) is 6.07 Å². The minimum absolute atomic E-state index is 0.267. The molecule has 0 fully saturated rings. The van der Waals surface area contributed by atoms with Gasteiger partial charge in [-0.25, -0.2) is 4.39 Å². The Bertz CT molecular complexity index is 578. The summed E-state index contributed by atoms with van der Waals surface area (Å²) in [6, 6.07) is 9.70. The summed E-state index contributed by atoms with van der Waals surface area (Å²) in [7, 11) is 0. The molecule has 0 amide bonds. The summed E-state index contributed by atoms with van der Waals surface area (Å²) in [5.41, 5.74) is 8.81. The van der Waals surface area contributed by atoms with E-state index in [-0.39, 0.29) is 11.9 Å². The average molecular weight is 298 g/mol.